The van der Waals surface area contributed by atoms with Gasteiger partial charge in [-0.1, -0.05) is 195 Å². The van der Waals surface area contributed by atoms with Gasteiger partial charge < -0.3 is 19.5 Å². The average Bonchev–Trinajstić information content (AvgIpc) is 3.25. The third kappa shape index (κ3) is 41.6. The molecule has 0 aromatic carbocycles. The summed E-state index contributed by atoms with van der Waals surface area (Å²) in [5, 5.41) is 9.36. The van der Waals surface area contributed by atoms with E-state index in [4.69, 9.17) is 9.47 Å². The molecule has 2 unspecified atom stereocenters. The van der Waals surface area contributed by atoms with Gasteiger partial charge in [-0.05, 0) is 95.3 Å². The van der Waals surface area contributed by atoms with Crippen molar-refractivity contribution in [3.63, 3.8) is 0 Å². The zero-order valence-corrected chi connectivity index (χ0v) is 42.2. The first kappa shape index (κ1) is 59.6. The third-order valence-electron chi connectivity index (χ3n) is 11.9. The van der Waals surface area contributed by atoms with E-state index < -0.39 is 0 Å². The molecule has 60 heavy (non-hydrogen) atoms. The number of aliphatic hydroxyl groups excluding tert-OH is 1. The summed E-state index contributed by atoms with van der Waals surface area (Å²) < 4.78 is 11.5. The molecule has 2 atom stereocenters. The molecule has 0 aliphatic carbocycles. The molecule has 0 fully saturated rings. The van der Waals surface area contributed by atoms with E-state index in [9.17, 15) is 14.7 Å². The Balaban J connectivity index is 4.09. The Hall–Kier alpha value is -0.440. The number of carbonyl (C=O) groups is 2. The van der Waals surface area contributed by atoms with Crippen LogP contribution < -0.4 is 0 Å². The fraction of sp³-hybridized carbons (Fsp3) is 0.962. The van der Waals surface area contributed by atoms with E-state index in [0.717, 1.165) is 108 Å². The van der Waals surface area contributed by atoms with Gasteiger partial charge in [0.25, 0.3) is 0 Å². The summed E-state index contributed by atoms with van der Waals surface area (Å²) in [7, 11) is 0. The maximum Gasteiger partial charge on any atom is 0.319 e. The normalized spacial score (nSPS) is 12.6. The smallest absolute Gasteiger partial charge is 0.319 e. The highest BCUT2D eigenvalue weighted by molar-refractivity contribution is 8.00. The Morgan fingerprint density at radius 1 is 0.400 bits per heavy atom. The third-order valence-corrected chi connectivity index (χ3v) is 14.6. The lowest BCUT2D eigenvalue weighted by Crippen LogP contribution is -2.27. The number of carbonyl (C=O) groups excluding carboxylic acids is 2. The first-order chi connectivity index (χ1) is 29.5. The second kappa shape index (κ2) is 49.6. The van der Waals surface area contributed by atoms with Crippen LogP contribution in [-0.4, -0.2) is 83.4 Å². The molecular weight excluding hydrogens is 783 g/mol. The SMILES string of the molecule is CCCCCCCCCCSC(CCCC)C(=O)OCCCCCCCCN(CCCCO)CCCCCCCCOC(=O)C(CCCC)SCCCCCCCCCC. The summed E-state index contributed by atoms with van der Waals surface area (Å²) in [5.41, 5.74) is 0. The Morgan fingerprint density at radius 3 is 1.05 bits per heavy atom. The van der Waals surface area contributed by atoms with Crippen LogP contribution in [0, 0.1) is 0 Å². The zero-order chi connectivity index (χ0) is 43.8. The lowest BCUT2D eigenvalue weighted by Gasteiger charge is -2.22. The molecule has 0 aliphatic heterocycles. The van der Waals surface area contributed by atoms with Crippen LogP contribution in [0.15, 0.2) is 0 Å². The minimum Gasteiger partial charge on any atom is -0.465 e. The molecule has 0 aromatic heterocycles. The van der Waals surface area contributed by atoms with Gasteiger partial charge in [-0.15, -0.1) is 23.5 Å². The minimum absolute atomic E-state index is 0.0181. The van der Waals surface area contributed by atoms with E-state index in [1.807, 2.05) is 23.5 Å². The highest BCUT2D eigenvalue weighted by Crippen LogP contribution is 2.23. The summed E-state index contributed by atoms with van der Waals surface area (Å²) in [4.78, 5) is 28.4. The van der Waals surface area contributed by atoms with Crippen LogP contribution in [0.25, 0.3) is 0 Å². The number of rotatable bonds is 50. The van der Waals surface area contributed by atoms with Gasteiger partial charge in [0.1, 0.15) is 10.5 Å². The van der Waals surface area contributed by atoms with Gasteiger partial charge in [-0.3, -0.25) is 9.59 Å². The van der Waals surface area contributed by atoms with Crippen molar-refractivity contribution >= 4 is 35.5 Å². The van der Waals surface area contributed by atoms with Gasteiger partial charge in [-0.2, -0.15) is 0 Å². The van der Waals surface area contributed by atoms with Crippen molar-refractivity contribution in [2.24, 2.45) is 0 Å². The fourth-order valence-corrected chi connectivity index (χ4v) is 10.2. The van der Waals surface area contributed by atoms with E-state index in [1.54, 1.807) is 0 Å². The number of ether oxygens (including phenoxy) is 2. The summed E-state index contributed by atoms with van der Waals surface area (Å²) in [6.07, 6.45) is 43.7. The van der Waals surface area contributed by atoms with Crippen molar-refractivity contribution in [2.45, 2.75) is 269 Å². The Kier molecular flexibility index (Phi) is 49.2. The fourth-order valence-electron chi connectivity index (χ4n) is 7.84. The topological polar surface area (TPSA) is 76.1 Å². The zero-order valence-electron chi connectivity index (χ0n) is 40.6. The summed E-state index contributed by atoms with van der Waals surface area (Å²) >= 11 is 3.68. The molecule has 0 saturated heterocycles. The maximum absolute atomic E-state index is 12.9. The average molecular weight is 887 g/mol. The number of unbranched alkanes of at least 4 members (excludes halogenated alkanes) is 27. The molecule has 358 valence electrons. The van der Waals surface area contributed by atoms with Gasteiger partial charge >= 0.3 is 11.9 Å². The monoisotopic (exact) mass is 886 g/mol. The van der Waals surface area contributed by atoms with E-state index in [0.29, 0.717) is 13.2 Å². The van der Waals surface area contributed by atoms with Crippen LogP contribution in [0.3, 0.4) is 0 Å². The molecule has 0 bridgehead atoms. The van der Waals surface area contributed by atoms with Gasteiger partial charge in [0.05, 0.1) is 13.2 Å². The second-order valence-corrected chi connectivity index (χ2v) is 20.4. The Bertz CT molecular complexity index is 815. The van der Waals surface area contributed by atoms with Crippen LogP contribution >= 0.6 is 23.5 Å². The molecule has 0 saturated carbocycles. The first-order valence-electron chi connectivity index (χ1n) is 26.4. The van der Waals surface area contributed by atoms with Crippen molar-refractivity contribution in [1.82, 2.24) is 4.90 Å². The molecule has 0 aliphatic rings. The quantitative estimate of drug-likeness (QED) is 0.0478. The summed E-state index contributed by atoms with van der Waals surface area (Å²) in [6.45, 7) is 13.8. The molecular formula is C52H103NO5S2. The highest BCUT2D eigenvalue weighted by Gasteiger charge is 2.21. The van der Waals surface area contributed by atoms with Gasteiger partial charge in [0, 0.05) is 6.61 Å². The predicted molar refractivity (Wildman–Crippen MR) is 267 cm³/mol. The summed E-state index contributed by atoms with van der Waals surface area (Å²) in [5.74, 6) is 2.21. The molecule has 6 nitrogen and oxygen atoms in total. The lowest BCUT2D eigenvalue weighted by atomic mass is 10.1. The second-order valence-electron chi connectivity index (χ2n) is 17.8. The summed E-state index contributed by atoms with van der Waals surface area (Å²) in [6, 6.07) is 0. The van der Waals surface area contributed by atoms with E-state index in [-0.39, 0.29) is 29.0 Å². The van der Waals surface area contributed by atoms with Crippen molar-refractivity contribution in [3.8, 4) is 0 Å². The highest BCUT2D eigenvalue weighted by atomic mass is 32.2. The van der Waals surface area contributed by atoms with Crippen LogP contribution in [0.2, 0.25) is 0 Å². The van der Waals surface area contributed by atoms with Crippen LogP contribution in [0.5, 0.6) is 0 Å². The van der Waals surface area contributed by atoms with Crippen molar-refractivity contribution in [3.05, 3.63) is 0 Å². The van der Waals surface area contributed by atoms with Crippen LogP contribution in [0.1, 0.15) is 259 Å². The van der Waals surface area contributed by atoms with Crippen molar-refractivity contribution in [1.29, 1.82) is 0 Å². The number of hydrogen-bond donors (Lipinski definition) is 1. The van der Waals surface area contributed by atoms with Crippen LogP contribution in [0.4, 0.5) is 0 Å². The number of thioether (sulfide) groups is 2. The number of esters is 2. The minimum atomic E-state index is 0.0181. The van der Waals surface area contributed by atoms with Gasteiger partial charge in [0.2, 0.25) is 0 Å². The molecule has 1 N–H and O–H groups in total. The Labute approximate surface area is 383 Å². The van der Waals surface area contributed by atoms with Gasteiger partial charge in [-0.25, -0.2) is 0 Å². The molecule has 0 spiro atoms. The number of aliphatic hydroxyl groups is 1. The number of hydrogen-bond acceptors (Lipinski definition) is 8. The van der Waals surface area contributed by atoms with Crippen molar-refractivity contribution < 1.29 is 24.2 Å². The van der Waals surface area contributed by atoms with E-state index in [2.05, 4.69) is 32.6 Å². The molecule has 8 heteroatoms. The standard InChI is InChI=1S/C52H103NO5S2/c1-5-9-13-15-17-23-29-37-47-59-49(39-11-7-3)51(55)57-45-35-27-21-19-25-31-41-53(43-33-34-44-54)42-32-26-20-22-28-36-46-58-52(56)50(40-12-8-4)60-48-38-30-24-18-16-14-10-6-2/h49-50,54H,5-48H2,1-4H3. The largest absolute Gasteiger partial charge is 0.465 e. The lowest BCUT2D eigenvalue weighted by molar-refractivity contribution is -0.144. The maximum atomic E-state index is 12.9. The first-order valence-corrected chi connectivity index (χ1v) is 28.5. The van der Waals surface area contributed by atoms with E-state index >= 15 is 0 Å². The Morgan fingerprint density at radius 2 is 0.700 bits per heavy atom. The molecule has 0 radical (unpaired) electrons. The van der Waals surface area contributed by atoms with Crippen molar-refractivity contribution in [2.75, 3.05) is 51.0 Å². The molecule has 0 rings (SSSR count). The number of nitrogens with zero attached hydrogens (tertiary/aromatic N) is 1. The molecule has 0 amide bonds. The molecule has 0 heterocycles. The van der Waals surface area contributed by atoms with E-state index in [1.165, 1.54) is 154 Å². The predicted octanol–water partition coefficient (Wildman–Crippen LogP) is 15.7. The van der Waals surface area contributed by atoms with Crippen LogP contribution in [-0.2, 0) is 19.1 Å². The molecule has 0 aromatic rings. The van der Waals surface area contributed by atoms with Gasteiger partial charge in [0.15, 0.2) is 0 Å².